The predicted octanol–water partition coefficient (Wildman–Crippen LogP) is 1.16. The molecule has 1 aromatic carbocycles. The van der Waals surface area contributed by atoms with Crippen LogP contribution >= 0.6 is 37.2 Å². The van der Waals surface area contributed by atoms with Gasteiger partial charge in [0.15, 0.2) is 0 Å². The zero-order chi connectivity index (χ0) is 18.5. The molecule has 2 amide bonds. The maximum absolute atomic E-state index is 11.9. The van der Waals surface area contributed by atoms with Crippen molar-refractivity contribution in [1.82, 2.24) is 15.1 Å². The van der Waals surface area contributed by atoms with Crippen molar-refractivity contribution < 1.29 is 14.7 Å². The van der Waals surface area contributed by atoms with E-state index in [1.165, 1.54) is 4.90 Å². The van der Waals surface area contributed by atoms with Crippen LogP contribution in [0.15, 0.2) is 30.3 Å². The Balaban J connectivity index is -0.00000208. The van der Waals surface area contributed by atoms with Crippen LogP contribution in [0.4, 0.5) is 4.79 Å². The molecule has 0 aromatic heterocycles. The van der Waals surface area contributed by atoms with Gasteiger partial charge in [-0.25, -0.2) is 4.79 Å². The Kier molecular flexibility index (Phi) is 21.4. The van der Waals surface area contributed by atoms with Gasteiger partial charge in [-0.15, -0.1) is 37.2 Å². The second-order valence-corrected chi connectivity index (χ2v) is 5.71. The summed E-state index contributed by atoms with van der Waals surface area (Å²) in [4.78, 5) is 26.6. The fourth-order valence-electron chi connectivity index (χ4n) is 2.43. The van der Waals surface area contributed by atoms with Crippen LogP contribution in [0.25, 0.3) is 0 Å². The Hall–Kier alpha value is -1.29. The molecule has 6 N–H and O–H groups in total. The highest BCUT2D eigenvalue weighted by atomic mass is 35.5. The Labute approximate surface area is 185 Å². The lowest BCUT2D eigenvalue weighted by Gasteiger charge is -2.21. The minimum atomic E-state index is -1.03. The van der Waals surface area contributed by atoms with Gasteiger partial charge >= 0.3 is 6.09 Å². The van der Waals surface area contributed by atoms with Crippen LogP contribution in [0.1, 0.15) is 12.0 Å². The Morgan fingerprint density at radius 3 is 2.00 bits per heavy atom. The summed E-state index contributed by atoms with van der Waals surface area (Å²) in [6.45, 7) is 4.14. The number of amides is 2. The third-order valence-electron chi connectivity index (χ3n) is 3.74. The highest BCUT2D eigenvalue weighted by Gasteiger charge is 2.14. The van der Waals surface area contributed by atoms with Crippen LogP contribution in [0, 0.1) is 0 Å². The molecule has 0 atom stereocenters. The average molecular weight is 461 g/mol. The van der Waals surface area contributed by atoms with Crippen LogP contribution in [0.5, 0.6) is 0 Å². The van der Waals surface area contributed by atoms with E-state index >= 15 is 0 Å². The normalized spacial score (nSPS) is 9.54. The number of carbonyl (C=O) groups excluding carboxylic acids is 1. The molecule has 0 saturated carbocycles. The number of rotatable bonds is 12. The molecule has 164 valence electrons. The molecule has 0 spiro atoms. The third kappa shape index (κ3) is 13.8. The summed E-state index contributed by atoms with van der Waals surface area (Å²) in [7, 11) is 0. The van der Waals surface area contributed by atoms with E-state index < -0.39 is 6.09 Å². The molecule has 0 fully saturated rings. The summed E-state index contributed by atoms with van der Waals surface area (Å²) in [6, 6.07) is 9.31. The number of carbonyl (C=O) groups is 2. The smallest absolute Gasteiger partial charge is 0.407 e. The minimum Gasteiger partial charge on any atom is -0.465 e. The Morgan fingerprint density at radius 1 is 0.929 bits per heavy atom. The van der Waals surface area contributed by atoms with E-state index in [9.17, 15) is 14.7 Å². The predicted molar refractivity (Wildman–Crippen MR) is 119 cm³/mol. The van der Waals surface area contributed by atoms with E-state index in [0.717, 1.165) is 18.7 Å². The molecule has 0 aliphatic carbocycles. The molecule has 0 unspecified atom stereocenters. The fourth-order valence-corrected chi connectivity index (χ4v) is 2.43. The standard InChI is InChI=1S/C17H29N5O3.3ClH/c18-7-11-21(12-8-19)13-9-20-16(23)6-10-22(17(24)25)14-15-4-2-1-3-5-15;;;/h1-5H,6-14,18-19H2,(H,20,23)(H,24,25);3*1H. The number of benzene rings is 1. The number of hydrogen-bond donors (Lipinski definition) is 4. The molecule has 0 heterocycles. The van der Waals surface area contributed by atoms with Gasteiger partial charge in [0.25, 0.3) is 0 Å². The first-order chi connectivity index (χ1) is 12.1. The molecule has 28 heavy (non-hydrogen) atoms. The van der Waals surface area contributed by atoms with Crippen LogP contribution in [0.2, 0.25) is 0 Å². The largest absolute Gasteiger partial charge is 0.465 e. The lowest BCUT2D eigenvalue weighted by atomic mass is 10.2. The lowest BCUT2D eigenvalue weighted by molar-refractivity contribution is -0.121. The van der Waals surface area contributed by atoms with Crippen molar-refractivity contribution in [3.05, 3.63) is 35.9 Å². The van der Waals surface area contributed by atoms with E-state index in [4.69, 9.17) is 11.5 Å². The number of halogens is 3. The van der Waals surface area contributed by atoms with E-state index in [1.54, 1.807) is 0 Å². The molecule has 1 rings (SSSR count). The number of nitrogens with two attached hydrogens (primary N) is 2. The second kappa shape index (κ2) is 19.0. The number of carboxylic acid groups (broad SMARTS) is 1. The van der Waals surface area contributed by atoms with Crippen molar-refractivity contribution in [1.29, 1.82) is 0 Å². The van der Waals surface area contributed by atoms with E-state index in [1.807, 2.05) is 30.3 Å². The Morgan fingerprint density at radius 2 is 1.50 bits per heavy atom. The van der Waals surface area contributed by atoms with Crippen molar-refractivity contribution >= 4 is 49.2 Å². The molecule has 0 radical (unpaired) electrons. The van der Waals surface area contributed by atoms with Gasteiger partial charge in [-0.3, -0.25) is 9.69 Å². The molecule has 0 saturated heterocycles. The van der Waals surface area contributed by atoms with Crippen LogP contribution in [-0.2, 0) is 11.3 Å². The van der Waals surface area contributed by atoms with Gasteiger partial charge in [0.2, 0.25) is 5.91 Å². The molecule has 1 aromatic rings. The Bertz CT molecular complexity index is 520. The highest BCUT2D eigenvalue weighted by molar-refractivity contribution is 5.86. The summed E-state index contributed by atoms with van der Waals surface area (Å²) in [6.07, 6.45) is -0.902. The molecule has 0 bridgehead atoms. The van der Waals surface area contributed by atoms with Crippen LogP contribution in [0.3, 0.4) is 0 Å². The van der Waals surface area contributed by atoms with E-state index in [-0.39, 0.29) is 62.6 Å². The number of nitrogens with one attached hydrogen (secondary N) is 1. The van der Waals surface area contributed by atoms with Crippen LogP contribution in [-0.4, -0.2) is 72.7 Å². The number of hydrogen-bond acceptors (Lipinski definition) is 5. The van der Waals surface area contributed by atoms with Gasteiger partial charge in [-0.1, -0.05) is 30.3 Å². The van der Waals surface area contributed by atoms with Crippen molar-refractivity contribution in [2.45, 2.75) is 13.0 Å². The molecule has 11 heteroatoms. The number of nitrogens with zero attached hydrogens (tertiary/aromatic N) is 2. The van der Waals surface area contributed by atoms with E-state index in [0.29, 0.717) is 26.2 Å². The van der Waals surface area contributed by atoms with Gasteiger partial charge in [-0.05, 0) is 5.56 Å². The zero-order valence-electron chi connectivity index (χ0n) is 15.8. The van der Waals surface area contributed by atoms with Gasteiger partial charge in [0.05, 0.1) is 0 Å². The highest BCUT2D eigenvalue weighted by Crippen LogP contribution is 2.05. The SMILES string of the molecule is Cl.Cl.Cl.NCCN(CCN)CCNC(=O)CCN(Cc1ccccc1)C(=O)O. The zero-order valence-corrected chi connectivity index (χ0v) is 18.2. The van der Waals surface area contributed by atoms with Crippen LogP contribution < -0.4 is 16.8 Å². The summed E-state index contributed by atoms with van der Waals surface area (Å²) in [5.74, 6) is -0.167. The fraction of sp³-hybridized carbons (Fsp3) is 0.529. The maximum Gasteiger partial charge on any atom is 0.407 e. The summed E-state index contributed by atoms with van der Waals surface area (Å²) >= 11 is 0. The molecular formula is C17H32Cl3N5O3. The average Bonchev–Trinajstić information content (AvgIpc) is 2.59. The monoisotopic (exact) mass is 459 g/mol. The van der Waals surface area contributed by atoms with Gasteiger partial charge < -0.3 is 26.8 Å². The summed E-state index contributed by atoms with van der Waals surface area (Å²) in [5.41, 5.74) is 12.0. The van der Waals surface area contributed by atoms with Crippen molar-refractivity contribution in [2.24, 2.45) is 11.5 Å². The second-order valence-electron chi connectivity index (χ2n) is 5.71. The van der Waals surface area contributed by atoms with Crippen molar-refractivity contribution in [3.63, 3.8) is 0 Å². The lowest BCUT2D eigenvalue weighted by Crippen LogP contribution is -2.40. The first kappa shape index (κ1) is 31.4. The van der Waals surface area contributed by atoms with Crippen molar-refractivity contribution in [2.75, 3.05) is 45.8 Å². The quantitative estimate of drug-likeness (QED) is 0.371. The summed E-state index contributed by atoms with van der Waals surface area (Å²) in [5, 5.41) is 12.1. The molecule has 0 aliphatic rings. The first-order valence-corrected chi connectivity index (χ1v) is 8.47. The van der Waals surface area contributed by atoms with Gasteiger partial charge in [-0.2, -0.15) is 0 Å². The minimum absolute atomic E-state index is 0. The van der Waals surface area contributed by atoms with Gasteiger partial charge in [0, 0.05) is 58.8 Å². The first-order valence-electron chi connectivity index (χ1n) is 8.47. The molecule has 8 nitrogen and oxygen atoms in total. The summed E-state index contributed by atoms with van der Waals surface area (Å²) < 4.78 is 0. The topological polar surface area (TPSA) is 125 Å². The molecule has 0 aliphatic heterocycles. The maximum atomic E-state index is 11.9. The van der Waals surface area contributed by atoms with E-state index in [2.05, 4.69) is 10.2 Å². The third-order valence-corrected chi connectivity index (χ3v) is 3.74. The molecular weight excluding hydrogens is 429 g/mol. The van der Waals surface area contributed by atoms with Gasteiger partial charge in [0.1, 0.15) is 0 Å². The van der Waals surface area contributed by atoms with Crippen molar-refractivity contribution in [3.8, 4) is 0 Å².